The number of hydrogen-bond donors (Lipinski definition) is 0. The summed E-state index contributed by atoms with van der Waals surface area (Å²) < 4.78 is 0. The van der Waals surface area contributed by atoms with Gasteiger partial charge in [0.15, 0.2) is 0 Å². The van der Waals surface area contributed by atoms with E-state index >= 15 is 0 Å². The molecule has 1 aliphatic carbocycles. The van der Waals surface area contributed by atoms with Gasteiger partial charge >= 0.3 is 0 Å². The van der Waals surface area contributed by atoms with E-state index in [-0.39, 0.29) is 11.2 Å². The highest BCUT2D eigenvalue weighted by molar-refractivity contribution is 5.97. The summed E-state index contributed by atoms with van der Waals surface area (Å²) >= 11 is 0. The van der Waals surface area contributed by atoms with Crippen molar-refractivity contribution < 1.29 is 4.79 Å². The molecule has 0 heterocycles. The van der Waals surface area contributed by atoms with E-state index in [1.54, 1.807) is 6.07 Å². The number of nitrogens with zero attached hydrogens (tertiary/aromatic N) is 1. The highest BCUT2D eigenvalue weighted by Gasteiger charge is 2.33. The molecule has 0 bridgehead atoms. The van der Waals surface area contributed by atoms with E-state index in [1.807, 2.05) is 6.92 Å². The van der Waals surface area contributed by atoms with Gasteiger partial charge in [-0.1, -0.05) is 26.2 Å². The molecule has 60 valence electrons. The van der Waals surface area contributed by atoms with E-state index in [1.165, 1.54) is 6.42 Å². The number of hydrogen-bond acceptors (Lipinski definition) is 2. The van der Waals surface area contributed by atoms with Gasteiger partial charge in [-0.15, -0.1) is 0 Å². The maximum Gasteiger partial charge on any atom is 0.237 e. The van der Waals surface area contributed by atoms with Gasteiger partial charge in [0, 0.05) is 5.41 Å². The third-order valence-electron chi connectivity index (χ3n) is 2.61. The second kappa shape index (κ2) is 3.04. The minimum Gasteiger partial charge on any atom is -0.282 e. The fourth-order valence-electron chi connectivity index (χ4n) is 1.69. The maximum absolute atomic E-state index is 11.1. The molecule has 1 fully saturated rings. The molecule has 0 saturated heterocycles. The maximum atomic E-state index is 11.1. The van der Waals surface area contributed by atoms with Crippen molar-refractivity contribution in [2.75, 3.05) is 0 Å². The molecule has 1 aliphatic rings. The van der Waals surface area contributed by atoms with Crippen LogP contribution in [0.2, 0.25) is 0 Å². The van der Waals surface area contributed by atoms with Crippen molar-refractivity contribution in [3.63, 3.8) is 0 Å². The largest absolute Gasteiger partial charge is 0.282 e. The fourth-order valence-corrected chi connectivity index (χ4v) is 1.69. The second-order valence-corrected chi connectivity index (χ2v) is 3.56. The van der Waals surface area contributed by atoms with E-state index in [2.05, 4.69) is 0 Å². The zero-order valence-electron chi connectivity index (χ0n) is 6.89. The molecule has 0 atom stereocenters. The van der Waals surface area contributed by atoms with Crippen LogP contribution in [0.1, 0.15) is 39.0 Å². The molecule has 0 unspecified atom stereocenters. The molecule has 11 heavy (non-hydrogen) atoms. The standard InChI is InChI=1S/C9H13NO/c1-9(8(11)7-10)5-3-2-4-6-9/h2-6H2,1H3. The van der Waals surface area contributed by atoms with Crippen LogP contribution in [0.5, 0.6) is 0 Å². The topological polar surface area (TPSA) is 40.9 Å². The van der Waals surface area contributed by atoms with Gasteiger partial charge in [0.1, 0.15) is 6.07 Å². The lowest BCUT2D eigenvalue weighted by atomic mass is 9.73. The van der Waals surface area contributed by atoms with E-state index in [0.717, 1.165) is 25.7 Å². The summed E-state index contributed by atoms with van der Waals surface area (Å²) in [6, 6.07) is 1.74. The summed E-state index contributed by atoms with van der Waals surface area (Å²) in [6.07, 6.45) is 5.22. The van der Waals surface area contributed by atoms with E-state index in [4.69, 9.17) is 5.26 Å². The molecule has 0 N–H and O–H groups in total. The van der Waals surface area contributed by atoms with Crippen LogP contribution in [0.15, 0.2) is 0 Å². The summed E-state index contributed by atoms with van der Waals surface area (Å²) in [6.45, 7) is 1.91. The third kappa shape index (κ3) is 1.59. The van der Waals surface area contributed by atoms with Crippen molar-refractivity contribution in [1.82, 2.24) is 0 Å². The average Bonchev–Trinajstić information content (AvgIpc) is 2.04. The Bertz CT molecular complexity index is 196. The van der Waals surface area contributed by atoms with Gasteiger partial charge in [-0.3, -0.25) is 4.79 Å². The van der Waals surface area contributed by atoms with Gasteiger partial charge < -0.3 is 0 Å². The fraction of sp³-hybridized carbons (Fsp3) is 0.778. The molecular weight excluding hydrogens is 138 g/mol. The summed E-state index contributed by atoms with van der Waals surface area (Å²) in [5.74, 6) is -0.225. The highest BCUT2D eigenvalue weighted by atomic mass is 16.1. The molecule has 0 aliphatic heterocycles. The van der Waals surface area contributed by atoms with Crippen molar-refractivity contribution in [2.24, 2.45) is 5.41 Å². The molecule has 2 heteroatoms. The van der Waals surface area contributed by atoms with Crippen molar-refractivity contribution in [3.8, 4) is 6.07 Å². The number of carbonyl (C=O) groups is 1. The van der Waals surface area contributed by atoms with Crippen LogP contribution in [0.3, 0.4) is 0 Å². The lowest BCUT2D eigenvalue weighted by Gasteiger charge is -2.28. The van der Waals surface area contributed by atoms with Gasteiger partial charge in [-0.05, 0) is 12.8 Å². The molecule has 0 spiro atoms. The Balaban J connectivity index is 2.65. The van der Waals surface area contributed by atoms with Crippen molar-refractivity contribution in [3.05, 3.63) is 0 Å². The normalized spacial score (nSPS) is 22.2. The number of Topliss-reactive ketones (excluding diaryl/α,β-unsaturated/α-hetero) is 1. The van der Waals surface area contributed by atoms with E-state index in [0.29, 0.717) is 0 Å². The van der Waals surface area contributed by atoms with E-state index in [9.17, 15) is 4.79 Å². The van der Waals surface area contributed by atoms with E-state index < -0.39 is 0 Å². The molecule has 0 aromatic heterocycles. The first-order valence-electron chi connectivity index (χ1n) is 4.13. The molecule has 0 aromatic rings. The number of nitriles is 1. The van der Waals surface area contributed by atoms with Gasteiger partial charge in [0.2, 0.25) is 5.78 Å². The van der Waals surface area contributed by atoms with Gasteiger partial charge in [0.25, 0.3) is 0 Å². The number of carbonyl (C=O) groups excluding carboxylic acids is 1. The summed E-state index contributed by atoms with van der Waals surface area (Å²) in [5.41, 5.74) is -0.312. The first kappa shape index (κ1) is 8.26. The summed E-state index contributed by atoms with van der Waals surface area (Å²) in [7, 11) is 0. The number of rotatable bonds is 1. The Labute approximate surface area is 67.2 Å². The smallest absolute Gasteiger partial charge is 0.237 e. The first-order chi connectivity index (χ1) is 5.19. The minimum atomic E-state index is -0.312. The third-order valence-corrected chi connectivity index (χ3v) is 2.61. The predicted octanol–water partition coefficient (Wildman–Crippen LogP) is 2.05. The Morgan fingerprint density at radius 3 is 2.36 bits per heavy atom. The quantitative estimate of drug-likeness (QED) is 0.538. The Morgan fingerprint density at radius 2 is 1.91 bits per heavy atom. The monoisotopic (exact) mass is 151 g/mol. The first-order valence-corrected chi connectivity index (χ1v) is 4.13. The van der Waals surface area contributed by atoms with Crippen LogP contribution >= 0.6 is 0 Å². The van der Waals surface area contributed by atoms with Gasteiger partial charge in [-0.2, -0.15) is 5.26 Å². The van der Waals surface area contributed by atoms with Crippen molar-refractivity contribution in [2.45, 2.75) is 39.0 Å². The average molecular weight is 151 g/mol. The highest BCUT2D eigenvalue weighted by Crippen LogP contribution is 2.36. The van der Waals surface area contributed by atoms with Gasteiger partial charge in [0.05, 0.1) is 0 Å². The van der Waals surface area contributed by atoms with Gasteiger partial charge in [-0.25, -0.2) is 0 Å². The zero-order valence-corrected chi connectivity index (χ0v) is 6.89. The molecule has 0 radical (unpaired) electrons. The molecule has 1 rings (SSSR count). The van der Waals surface area contributed by atoms with Crippen LogP contribution in [0.4, 0.5) is 0 Å². The molecule has 0 amide bonds. The molecule has 0 aromatic carbocycles. The lowest BCUT2D eigenvalue weighted by Crippen LogP contribution is -2.28. The summed E-state index contributed by atoms with van der Waals surface area (Å²) in [5, 5.41) is 8.45. The predicted molar refractivity (Wildman–Crippen MR) is 41.8 cm³/mol. The van der Waals surface area contributed by atoms with Crippen LogP contribution in [0.25, 0.3) is 0 Å². The Morgan fingerprint density at radius 1 is 1.36 bits per heavy atom. The van der Waals surface area contributed by atoms with Crippen molar-refractivity contribution >= 4 is 5.78 Å². The molecule has 2 nitrogen and oxygen atoms in total. The summed E-state index contributed by atoms with van der Waals surface area (Å²) in [4.78, 5) is 11.1. The zero-order chi connectivity index (χ0) is 8.32. The molecular formula is C9H13NO. The minimum absolute atomic E-state index is 0.225. The van der Waals surface area contributed by atoms with Crippen LogP contribution in [-0.4, -0.2) is 5.78 Å². The molecule has 1 saturated carbocycles. The second-order valence-electron chi connectivity index (χ2n) is 3.56. The Hall–Kier alpha value is -0.840. The Kier molecular flexibility index (Phi) is 2.28. The van der Waals surface area contributed by atoms with Crippen LogP contribution in [0, 0.1) is 16.7 Å². The SMILES string of the molecule is CC1(C(=O)C#N)CCCCC1. The van der Waals surface area contributed by atoms with Crippen LogP contribution < -0.4 is 0 Å². The van der Waals surface area contributed by atoms with Crippen molar-refractivity contribution in [1.29, 1.82) is 5.26 Å². The lowest BCUT2D eigenvalue weighted by molar-refractivity contribution is -0.123. The van der Waals surface area contributed by atoms with Crippen LogP contribution in [-0.2, 0) is 4.79 Å². The number of ketones is 1.